The average Bonchev–Trinajstić information content (AvgIpc) is 2.61. The van der Waals surface area contributed by atoms with Crippen molar-refractivity contribution in [1.82, 2.24) is 9.97 Å². The Kier molecular flexibility index (Phi) is 6.75. The molecule has 2 unspecified atom stereocenters. The molecule has 2 rings (SSSR count). The van der Waals surface area contributed by atoms with Crippen LogP contribution in [0.5, 0.6) is 5.75 Å². The first-order chi connectivity index (χ1) is 13.1. The Labute approximate surface area is 162 Å². The van der Waals surface area contributed by atoms with Gasteiger partial charge in [-0.2, -0.15) is 13.4 Å². The van der Waals surface area contributed by atoms with Crippen LogP contribution in [-0.4, -0.2) is 53.5 Å². The van der Waals surface area contributed by atoms with Crippen LogP contribution in [0.15, 0.2) is 30.5 Å². The number of hydrogen-bond acceptors (Lipinski definition) is 9. The van der Waals surface area contributed by atoms with Gasteiger partial charge in [-0.25, -0.2) is 9.78 Å². The molecule has 1 heterocycles. The Morgan fingerprint density at radius 1 is 1.25 bits per heavy atom. The first-order valence-corrected chi connectivity index (χ1v) is 10.1. The van der Waals surface area contributed by atoms with Crippen LogP contribution in [0.1, 0.15) is 24.2 Å². The standard InChI is InChI=1S/C17H22N4O6S/c1-10(9-22)11(2)19-15-14(16(23)24)8-18-17(21-15)20-12-4-6-13(7-5-12)27-28(3,25)26/h4-8,10-11,22H,9H2,1-3H3,(H,23,24)(H2,18,19,20,21). The minimum Gasteiger partial charge on any atom is -0.477 e. The highest BCUT2D eigenvalue weighted by atomic mass is 32.2. The first kappa shape index (κ1) is 21.4. The van der Waals surface area contributed by atoms with Gasteiger partial charge in [-0.05, 0) is 37.1 Å². The van der Waals surface area contributed by atoms with Crippen LogP contribution in [0.3, 0.4) is 0 Å². The van der Waals surface area contributed by atoms with E-state index in [-0.39, 0.29) is 41.6 Å². The van der Waals surface area contributed by atoms with E-state index in [1.165, 1.54) is 18.3 Å². The largest absolute Gasteiger partial charge is 0.477 e. The van der Waals surface area contributed by atoms with E-state index in [4.69, 9.17) is 4.18 Å². The number of nitrogens with one attached hydrogen (secondary N) is 2. The lowest BCUT2D eigenvalue weighted by Crippen LogP contribution is -2.28. The molecule has 2 atom stereocenters. The number of aromatic nitrogens is 2. The van der Waals surface area contributed by atoms with Crippen molar-refractivity contribution in [1.29, 1.82) is 0 Å². The predicted octanol–water partition coefficient (Wildman–Crippen LogP) is 1.69. The Morgan fingerprint density at radius 3 is 2.43 bits per heavy atom. The molecule has 0 aliphatic carbocycles. The van der Waals surface area contributed by atoms with Gasteiger partial charge in [0.25, 0.3) is 0 Å². The van der Waals surface area contributed by atoms with E-state index >= 15 is 0 Å². The zero-order valence-electron chi connectivity index (χ0n) is 15.6. The van der Waals surface area contributed by atoms with Crippen molar-refractivity contribution in [3.05, 3.63) is 36.0 Å². The molecule has 0 aliphatic heterocycles. The van der Waals surface area contributed by atoms with Gasteiger partial charge in [0.05, 0.1) is 6.26 Å². The number of aromatic carboxylic acids is 1. The summed E-state index contributed by atoms with van der Waals surface area (Å²) in [6, 6.07) is 5.83. The third-order valence-electron chi connectivity index (χ3n) is 3.88. The molecule has 0 spiro atoms. The zero-order valence-corrected chi connectivity index (χ0v) is 16.4. The third-order valence-corrected chi connectivity index (χ3v) is 4.38. The number of aliphatic hydroxyl groups excluding tert-OH is 1. The van der Waals surface area contributed by atoms with Crippen LogP contribution in [0, 0.1) is 5.92 Å². The lowest BCUT2D eigenvalue weighted by molar-refractivity contribution is 0.0697. The Balaban J connectivity index is 2.21. The number of rotatable bonds is 9. The summed E-state index contributed by atoms with van der Waals surface area (Å²) in [5.74, 6) is -0.872. The monoisotopic (exact) mass is 410 g/mol. The highest BCUT2D eigenvalue weighted by molar-refractivity contribution is 7.86. The zero-order chi connectivity index (χ0) is 20.9. The molecule has 0 fully saturated rings. The number of anilines is 3. The summed E-state index contributed by atoms with van der Waals surface area (Å²) in [5.41, 5.74) is 0.450. The van der Waals surface area contributed by atoms with E-state index < -0.39 is 16.1 Å². The van der Waals surface area contributed by atoms with Gasteiger partial charge >= 0.3 is 16.1 Å². The molecule has 11 heteroatoms. The van der Waals surface area contributed by atoms with Gasteiger partial charge in [0.2, 0.25) is 5.95 Å². The normalized spacial score (nSPS) is 13.4. The molecule has 0 saturated heterocycles. The molecule has 4 N–H and O–H groups in total. The topological polar surface area (TPSA) is 151 Å². The van der Waals surface area contributed by atoms with Gasteiger partial charge in [-0.3, -0.25) is 0 Å². The second-order valence-electron chi connectivity index (χ2n) is 6.29. The molecule has 10 nitrogen and oxygen atoms in total. The van der Waals surface area contributed by atoms with Crippen molar-refractivity contribution in [3.8, 4) is 5.75 Å². The second-order valence-corrected chi connectivity index (χ2v) is 7.87. The highest BCUT2D eigenvalue weighted by Crippen LogP contribution is 2.22. The fraction of sp³-hybridized carbons (Fsp3) is 0.353. The maximum absolute atomic E-state index is 11.4. The molecule has 28 heavy (non-hydrogen) atoms. The molecule has 2 aromatic rings. The second kappa shape index (κ2) is 8.85. The predicted molar refractivity (Wildman–Crippen MR) is 104 cm³/mol. The molecule has 0 saturated carbocycles. The van der Waals surface area contributed by atoms with Crippen molar-refractivity contribution in [3.63, 3.8) is 0 Å². The number of nitrogens with zero attached hydrogens (tertiary/aromatic N) is 2. The molecular weight excluding hydrogens is 388 g/mol. The molecule has 152 valence electrons. The minimum absolute atomic E-state index is 0.0609. The molecule has 0 bridgehead atoms. The summed E-state index contributed by atoms with van der Waals surface area (Å²) in [5, 5.41) is 24.5. The highest BCUT2D eigenvalue weighted by Gasteiger charge is 2.18. The molecule has 0 amide bonds. The van der Waals surface area contributed by atoms with E-state index in [9.17, 15) is 23.4 Å². The lowest BCUT2D eigenvalue weighted by Gasteiger charge is -2.21. The van der Waals surface area contributed by atoms with Gasteiger partial charge in [-0.15, -0.1) is 0 Å². The molecule has 1 aromatic carbocycles. The summed E-state index contributed by atoms with van der Waals surface area (Å²) >= 11 is 0. The van der Waals surface area contributed by atoms with Gasteiger partial charge in [0.1, 0.15) is 17.1 Å². The van der Waals surface area contributed by atoms with Crippen molar-refractivity contribution >= 4 is 33.5 Å². The van der Waals surface area contributed by atoms with E-state index in [1.807, 2.05) is 13.8 Å². The number of carbonyl (C=O) groups is 1. The van der Waals surface area contributed by atoms with Crippen LogP contribution >= 0.6 is 0 Å². The maximum atomic E-state index is 11.4. The Morgan fingerprint density at radius 2 is 1.89 bits per heavy atom. The smallest absolute Gasteiger partial charge is 0.341 e. The Bertz CT molecular complexity index is 933. The first-order valence-electron chi connectivity index (χ1n) is 8.33. The van der Waals surface area contributed by atoms with Crippen molar-refractivity contribution in [2.24, 2.45) is 5.92 Å². The van der Waals surface area contributed by atoms with Crippen LogP contribution in [0.4, 0.5) is 17.5 Å². The van der Waals surface area contributed by atoms with Crippen LogP contribution in [0.25, 0.3) is 0 Å². The number of aliphatic hydroxyl groups is 1. The minimum atomic E-state index is -3.62. The lowest BCUT2D eigenvalue weighted by atomic mass is 10.1. The summed E-state index contributed by atoms with van der Waals surface area (Å²) in [7, 11) is -3.62. The number of carboxylic acid groups (broad SMARTS) is 1. The quantitative estimate of drug-likeness (QED) is 0.449. The van der Waals surface area contributed by atoms with Crippen molar-refractivity contribution in [2.75, 3.05) is 23.5 Å². The van der Waals surface area contributed by atoms with Crippen LogP contribution in [-0.2, 0) is 10.1 Å². The van der Waals surface area contributed by atoms with Crippen molar-refractivity contribution < 1.29 is 27.6 Å². The van der Waals surface area contributed by atoms with E-state index in [0.717, 1.165) is 6.26 Å². The summed E-state index contributed by atoms with van der Waals surface area (Å²) < 4.78 is 27.0. The molecule has 0 radical (unpaired) electrons. The third kappa shape index (κ3) is 6.06. The SMILES string of the molecule is CC(CO)C(C)Nc1nc(Nc2ccc(OS(C)(=O)=O)cc2)ncc1C(=O)O. The van der Waals surface area contributed by atoms with Crippen LogP contribution < -0.4 is 14.8 Å². The van der Waals surface area contributed by atoms with Gasteiger partial charge < -0.3 is 25.0 Å². The summed E-state index contributed by atoms with van der Waals surface area (Å²) in [4.78, 5) is 19.6. The van der Waals surface area contributed by atoms with Crippen LogP contribution in [0.2, 0.25) is 0 Å². The number of carboxylic acids is 1. The van der Waals surface area contributed by atoms with E-state index in [0.29, 0.717) is 5.69 Å². The Hall–Kier alpha value is -2.92. The molecule has 1 aromatic heterocycles. The summed E-state index contributed by atoms with van der Waals surface area (Å²) in [6.45, 7) is 3.56. The number of hydrogen-bond donors (Lipinski definition) is 4. The van der Waals surface area contributed by atoms with E-state index in [2.05, 4.69) is 20.6 Å². The number of benzene rings is 1. The summed E-state index contributed by atoms with van der Waals surface area (Å²) in [6.07, 6.45) is 2.13. The van der Waals surface area contributed by atoms with E-state index in [1.54, 1.807) is 12.1 Å². The fourth-order valence-corrected chi connectivity index (χ4v) is 2.58. The van der Waals surface area contributed by atoms with Crippen molar-refractivity contribution in [2.45, 2.75) is 19.9 Å². The maximum Gasteiger partial charge on any atom is 0.341 e. The van der Waals surface area contributed by atoms with Gasteiger partial charge in [0, 0.05) is 24.5 Å². The van der Waals surface area contributed by atoms with Gasteiger partial charge in [0.15, 0.2) is 0 Å². The average molecular weight is 410 g/mol. The fourth-order valence-electron chi connectivity index (χ4n) is 2.12. The molecule has 0 aliphatic rings. The molecular formula is C17H22N4O6S. The van der Waals surface area contributed by atoms with Gasteiger partial charge in [-0.1, -0.05) is 6.92 Å².